The lowest BCUT2D eigenvalue weighted by Crippen LogP contribution is -3.00. The Bertz CT molecular complexity index is 443. The molecule has 1 aromatic rings. The van der Waals surface area contributed by atoms with Crippen molar-refractivity contribution in [1.29, 1.82) is 0 Å². The van der Waals surface area contributed by atoms with Gasteiger partial charge in [-0.25, -0.2) is 0 Å². The van der Waals surface area contributed by atoms with E-state index in [4.69, 9.17) is 0 Å². The molecule has 1 aromatic carbocycles. The molecule has 1 nitrogen and oxygen atoms in total. The van der Waals surface area contributed by atoms with Crippen molar-refractivity contribution in [2.24, 2.45) is 0 Å². The zero-order valence-corrected chi connectivity index (χ0v) is 20.7. The lowest BCUT2D eigenvalue weighted by atomic mass is 10.0. The van der Waals surface area contributed by atoms with Crippen LogP contribution in [0, 0.1) is 0 Å². The van der Waals surface area contributed by atoms with E-state index in [-0.39, 0.29) is 19.8 Å². The molecule has 0 aliphatic carbocycles. The summed E-state index contributed by atoms with van der Waals surface area (Å²) in [5, 5.41) is 0. The molecule has 0 bridgehead atoms. The summed E-state index contributed by atoms with van der Waals surface area (Å²) in [7, 11) is 4.75. The Balaban J connectivity index is 0. The highest BCUT2D eigenvalue weighted by atomic mass is 35.5. The first-order chi connectivity index (χ1) is 13.6. The van der Waals surface area contributed by atoms with Crippen molar-refractivity contribution in [2.75, 3.05) is 20.6 Å². The summed E-state index contributed by atoms with van der Waals surface area (Å²) in [5.74, 6) is 0. The number of halogens is 1. The van der Waals surface area contributed by atoms with E-state index in [1.807, 2.05) is 0 Å². The first-order valence-electron chi connectivity index (χ1n) is 12.5. The van der Waals surface area contributed by atoms with Crippen LogP contribution < -0.4 is 12.4 Å². The summed E-state index contributed by atoms with van der Waals surface area (Å²) in [5.41, 5.74) is 1.46. The van der Waals surface area contributed by atoms with Crippen LogP contribution in [-0.2, 0) is 6.54 Å². The van der Waals surface area contributed by atoms with Gasteiger partial charge in [-0.1, -0.05) is 135 Å². The molecule has 0 aromatic heterocycles. The fraction of sp³-hybridized carbons (Fsp3) is 0.786. The molecular formula is C28H54ClN. The monoisotopic (exact) mass is 439 g/mol. The van der Waals surface area contributed by atoms with Crippen LogP contribution in [0.15, 0.2) is 30.3 Å². The summed E-state index contributed by atoms with van der Waals surface area (Å²) in [4.78, 5) is 0. The average molecular weight is 440 g/mol. The topological polar surface area (TPSA) is 0 Å². The van der Waals surface area contributed by atoms with Crippen LogP contribution in [0.2, 0.25) is 0 Å². The summed E-state index contributed by atoms with van der Waals surface area (Å²) >= 11 is 0. The van der Waals surface area contributed by atoms with Crippen molar-refractivity contribution in [2.45, 2.75) is 124 Å². The van der Waals surface area contributed by atoms with Crippen molar-refractivity contribution < 1.29 is 16.9 Å². The van der Waals surface area contributed by atoms with E-state index in [9.17, 15) is 0 Å². The van der Waals surface area contributed by atoms with Crippen molar-refractivity contribution in [3.05, 3.63) is 35.9 Å². The molecule has 0 atom stereocenters. The number of hydrogen-bond acceptors (Lipinski definition) is 0. The minimum Gasteiger partial charge on any atom is -1.00 e. The Morgan fingerprint density at radius 3 is 1.33 bits per heavy atom. The van der Waals surface area contributed by atoms with Gasteiger partial charge in [-0.2, -0.15) is 0 Å². The van der Waals surface area contributed by atoms with E-state index in [0.717, 1.165) is 11.0 Å². The smallest absolute Gasteiger partial charge is 0.104 e. The number of rotatable bonds is 19. The molecule has 0 amide bonds. The zero-order chi connectivity index (χ0) is 20.3. The molecule has 0 saturated carbocycles. The van der Waals surface area contributed by atoms with Crippen LogP contribution >= 0.6 is 0 Å². The number of hydrogen-bond donors (Lipinski definition) is 0. The molecule has 0 unspecified atom stereocenters. The molecule has 0 aliphatic heterocycles. The molecule has 178 valence electrons. The van der Waals surface area contributed by atoms with Crippen LogP contribution in [0.3, 0.4) is 0 Å². The minimum atomic E-state index is 0. The Labute approximate surface area is 197 Å². The van der Waals surface area contributed by atoms with Gasteiger partial charge in [-0.3, -0.25) is 0 Å². The first kappa shape index (κ1) is 31.7. The maximum atomic E-state index is 2.37. The Morgan fingerprint density at radius 2 is 0.933 bits per heavy atom. The quantitative estimate of drug-likeness (QED) is 0.179. The van der Waals surface area contributed by atoms with Gasteiger partial charge in [-0.05, 0) is 12.8 Å². The Hall–Kier alpha value is -0.530. The van der Waals surface area contributed by atoms with Crippen LogP contribution in [-0.4, -0.2) is 25.1 Å². The van der Waals surface area contributed by atoms with Gasteiger partial charge in [-0.15, -0.1) is 0 Å². The SMILES string of the molecule is C.CCCCCCCCCCCCCCCCCC[N+](C)(C)Cc1ccccc1.[Cl-]. The lowest BCUT2D eigenvalue weighted by Gasteiger charge is -2.30. The predicted molar refractivity (Wildman–Crippen MR) is 133 cm³/mol. The average Bonchev–Trinajstić information content (AvgIpc) is 2.68. The van der Waals surface area contributed by atoms with E-state index in [1.165, 1.54) is 115 Å². The summed E-state index contributed by atoms with van der Waals surface area (Å²) in [6, 6.07) is 10.9. The summed E-state index contributed by atoms with van der Waals surface area (Å²) in [6.07, 6.45) is 23.2. The summed E-state index contributed by atoms with van der Waals surface area (Å²) in [6.45, 7) is 4.75. The Kier molecular flexibility index (Phi) is 22.9. The van der Waals surface area contributed by atoms with E-state index < -0.39 is 0 Å². The molecule has 0 N–H and O–H groups in total. The third kappa shape index (κ3) is 19.4. The van der Waals surface area contributed by atoms with Crippen LogP contribution in [0.4, 0.5) is 0 Å². The fourth-order valence-electron chi connectivity index (χ4n) is 4.24. The molecule has 0 spiro atoms. The van der Waals surface area contributed by atoms with E-state index >= 15 is 0 Å². The number of quaternary nitrogens is 1. The highest BCUT2D eigenvalue weighted by Crippen LogP contribution is 2.15. The van der Waals surface area contributed by atoms with Crippen LogP contribution in [0.1, 0.15) is 123 Å². The number of benzene rings is 1. The molecule has 30 heavy (non-hydrogen) atoms. The second-order valence-electron chi connectivity index (χ2n) is 9.61. The van der Waals surface area contributed by atoms with E-state index in [1.54, 1.807) is 0 Å². The highest BCUT2D eigenvalue weighted by molar-refractivity contribution is 5.13. The maximum absolute atomic E-state index is 2.37. The molecule has 0 heterocycles. The van der Waals surface area contributed by atoms with Gasteiger partial charge < -0.3 is 16.9 Å². The van der Waals surface area contributed by atoms with Crippen molar-refractivity contribution >= 4 is 0 Å². The highest BCUT2D eigenvalue weighted by Gasteiger charge is 2.14. The Morgan fingerprint density at radius 1 is 0.567 bits per heavy atom. The van der Waals surface area contributed by atoms with Crippen molar-refractivity contribution in [1.82, 2.24) is 0 Å². The fourth-order valence-corrected chi connectivity index (χ4v) is 4.24. The lowest BCUT2D eigenvalue weighted by molar-refractivity contribution is -0.903. The number of nitrogens with zero attached hydrogens (tertiary/aromatic N) is 1. The molecule has 2 heteroatoms. The van der Waals surface area contributed by atoms with Crippen molar-refractivity contribution in [3.63, 3.8) is 0 Å². The predicted octanol–water partition coefficient (Wildman–Crippen LogP) is 6.16. The zero-order valence-electron chi connectivity index (χ0n) is 19.9. The van der Waals surface area contributed by atoms with Gasteiger partial charge in [0.05, 0.1) is 20.6 Å². The van der Waals surface area contributed by atoms with E-state index in [0.29, 0.717) is 0 Å². The minimum absolute atomic E-state index is 0. The maximum Gasteiger partial charge on any atom is 0.104 e. The number of unbranched alkanes of at least 4 members (excludes halogenated alkanes) is 15. The van der Waals surface area contributed by atoms with Crippen LogP contribution in [0.25, 0.3) is 0 Å². The second kappa shape index (κ2) is 21.7. The largest absolute Gasteiger partial charge is 1.00 e. The molecule has 0 radical (unpaired) electrons. The second-order valence-corrected chi connectivity index (χ2v) is 9.61. The molecule has 0 aliphatic rings. The van der Waals surface area contributed by atoms with Gasteiger partial charge in [0.25, 0.3) is 0 Å². The van der Waals surface area contributed by atoms with Gasteiger partial charge in [0.2, 0.25) is 0 Å². The normalized spacial score (nSPS) is 11.0. The summed E-state index contributed by atoms with van der Waals surface area (Å²) < 4.78 is 1.11. The van der Waals surface area contributed by atoms with Gasteiger partial charge in [0, 0.05) is 5.56 Å². The van der Waals surface area contributed by atoms with Gasteiger partial charge in [0.15, 0.2) is 0 Å². The third-order valence-electron chi connectivity index (χ3n) is 6.07. The van der Waals surface area contributed by atoms with Crippen molar-refractivity contribution in [3.8, 4) is 0 Å². The van der Waals surface area contributed by atoms with Gasteiger partial charge >= 0.3 is 0 Å². The molecule has 0 fully saturated rings. The molecule has 1 rings (SSSR count). The van der Waals surface area contributed by atoms with Gasteiger partial charge in [0.1, 0.15) is 6.54 Å². The first-order valence-corrected chi connectivity index (χ1v) is 12.5. The molecular weight excluding hydrogens is 386 g/mol. The molecule has 0 saturated heterocycles. The van der Waals surface area contributed by atoms with E-state index in [2.05, 4.69) is 51.4 Å². The standard InChI is InChI=1S/C27H50N.CH4.ClH/c1-4-5-6-7-8-9-10-11-12-13-14-15-16-17-18-22-25-28(2,3)26-27-23-20-19-21-24-27;;/h19-21,23-24H,4-18,22,25-26H2,1-3H3;1H4;1H/q+1;;/p-1. The third-order valence-corrected chi connectivity index (χ3v) is 6.07. The van der Waals surface area contributed by atoms with Crippen LogP contribution in [0.5, 0.6) is 0 Å².